The first kappa shape index (κ1) is 23.3. The van der Waals surface area contributed by atoms with Crippen LogP contribution >= 0.6 is 0 Å². The zero-order valence-corrected chi connectivity index (χ0v) is 19.0. The molecule has 0 radical (unpaired) electrons. The molecule has 3 rings (SSSR count). The molecule has 168 valence electrons. The highest BCUT2D eigenvalue weighted by molar-refractivity contribution is 7.89. The van der Waals surface area contributed by atoms with E-state index in [4.69, 9.17) is 4.74 Å². The SMILES string of the molecule is Cc1ccc(OCCNC(=O)CCc2ccc(S(=O)(=O)N3CCCCCC3)cc2)cc1. The first-order valence-electron chi connectivity index (χ1n) is 11.0. The molecular formula is C24H32N2O4S. The summed E-state index contributed by atoms with van der Waals surface area (Å²) in [6.45, 7) is 4.07. The predicted octanol–water partition coefficient (Wildman–Crippen LogP) is 3.69. The molecule has 7 heteroatoms. The number of hydrogen-bond donors (Lipinski definition) is 1. The van der Waals surface area contributed by atoms with Gasteiger partial charge >= 0.3 is 0 Å². The summed E-state index contributed by atoms with van der Waals surface area (Å²) in [7, 11) is -3.43. The molecule has 0 unspecified atom stereocenters. The summed E-state index contributed by atoms with van der Waals surface area (Å²) in [5, 5.41) is 2.85. The van der Waals surface area contributed by atoms with Crippen LogP contribution in [-0.2, 0) is 21.2 Å². The molecular weight excluding hydrogens is 412 g/mol. The highest BCUT2D eigenvalue weighted by atomic mass is 32.2. The van der Waals surface area contributed by atoms with Gasteiger partial charge in [0, 0.05) is 19.5 Å². The fourth-order valence-electron chi connectivity index (χ4n) is 3.60. The first-order valence-corrected chi connectivity index (χ1v) is 12.4. The molecule has 1 aliphatic rings. The molecule has 1 amide bonds. The van der Waals surface area contributed by atoms with Gasteiger partial charge in [-0.05, 0) is 56.0 Å². The van der Waals surface area contributed by atoms with Crippen LogP contribution in [0.4, 0.5) is 0 Å². The van der Waals surface area contributed by atoms with Crippen molar-refractivity contribution < 1.29 is 17.9 Å². The standard InChI is InChI=1S/C24H32N2O4S/c1-20-6-11-22(12-7-20)30-19-16-25-24(27)15-10-21-8-13-23(14-9-21)31(28,29)26-17-4-2-3-5-18-26/h6-9,11-14H,2-5,10,15-19H2,1H3,(H,25,27). The molecule has 1 aliphatic heterocycles. The van der Waals surface area contributed by atoms with Crippen molar-refractivity contribution in [3.05, 3.63) is 59.7 Å². The van der Waals surface area contributed by atoms with Gasteiger partial charge in [-0.3, -0.25) is 4.79 Å². The van der Waals surface area contributed by atoms with Gasteiger partial charge in [0.2, 0.25) is 15.9 Å². The lowest BCUT2D eigenvalue weighted by Crippen LogP contribution is -2.31. The van der Waals surface area contributed by atoms with Gasteiger partial charge < -0.3 is 10.1 Å². The topological polar surface area (TPSA) is 75.7 Å². The van der Waals surface area contributed by atoms with Crippen LogP contribution in [0.2, 0.25) is 0 Å². The van der Waals surface area contributed by atoms with Crippen molar-refractivity contribution in [1.82, 2.24) is 9.62 Å². The molecule has 1 N–H and O–H groups in total. The molecule has 0 bridgehead atoms. The number of sulfonamides is 1. The second kappa shape index (κ2) is 11.3. The summed E-state index contributed by atoms with van der Waals surface area (Å²) < 4.78 is 32.9. The van der Waals surface area contributed by atoms with Crippen molar-refractivity contribution in [2.75, 3.05) is 26.2 Å². The molecule has 1 saturated heterocycles. The highest BCUT2D eigenvalue weighted by Crippen LogP contribution is 2.21. The summed E-state index contributed by atoms with van der Waals surface area (Å²) in [6, 6.07) is 14.7. The molecule has 0 aliphatic carbocycles. The summed E-state index contributed by atoms with van der Waals surface area (Å²) in [6.07, 6.45) is 4.93. The smallest absolute Gasteiger partial charge is 0.243 e. The Labute approximate surface area is 185 Å². The second-order valence-electron chi connectivity index (χ2n) is 7.97. The maximum Gasteiger partial charge on any atom is 0.243 e. The van der Waals surface area contributed by atoms with Gasteiger partial charge in [0.25, 0.3) is 0 Å². The number of benzene rings is 2. The third-order valence-corrected chi connectivity index (χ3v) is 7.39. The third kappa shape index (κ3) is 7.08. The monoisotopic (exact) mass is 444 g/mol. The number of carbonyl (C=O) groups excluding carboxylic acids is 1. The van der Waals surface area contributed by atoms with Gasteiger partial charge in [-0.15, -0.1) is 0 Å². The maximum absolute atomic E-state index is 12.8. The summed E-state index contributed by atoms with van der Waals surface area (Å²) >= 11 is 0. The van der Waals surface area contributed by atoms with Crippen LogP contribution in [0.1, 0.15) is 43.2 Å². The van der Waals surface area contributed by atoms with E-state index < -0.39 is 10.0 Å². The van der Waals surface area contributed by atoms with Crippen molar-refractivity contribution in [1.29, 1.82) is 0 Å². The molecule has 2 aromatic carbocycles. The highest BCUT2D eigenvalue weighted by Gasteiger charge is 2.24. The number of rotatable bonds is 9. The van der Waals surface area contributed by atoms with Crippen molar-refractivity contribution >= 4 is 15.9 Å². The van der Waals surface area contributed by atoms with Crippen LogP contribution in [0.15, 0.2) is 53.4 Å². The fourth-order valence-corrected chi connectivity index (χ4v) is 5.12. The van der Waals surface area contributed by atoms with E-state index in [1.165, 1.54) is 5.56 Å². The Kier molecular flexibility index (Phi) is 8.49. The average Bonchev–Trinajstić information content (AvgIpc) is 3.07. The van der Waals surface area contributed by atoms with E-state index >= 15 is 0 Å². The number of amides is 1. The van der Waals surface area contributed by atoms with Gasteiger partial charge in [-0.1, -0.05) is 42.7 Å². The minimum absolute atomic E-state index is 0.0474. The quantitative estimate of drug-likeness (QED) is 0.599. The molecule has 1 heterocycles. The van der Waals surface area contributed by atoms with Gasteiger partial charge in [-0.25, -0.2) is 8.42 Å². The van der Waals surface area contributed by atoms with Gasteiger partial charge in [0.1, 0.15) is 12.4 Å². The van der Waals surface area contributed by atoms with Crippen molar-refractivity contribution in [3.8, 4) is 5.75 Å². The Balaban J connectivity index is 1.41. The first-order chi connectivity index (χ1) is 14.9. The number of nitrogens with zero attached hydrogens (tertiary/aromatic N) is 1. The van der Waals surface area contributed by atoms with Crippen LogP contribution in [0, 0.1) is 6.92 Å². The van der Waals surface area contributed by atoms with E-state index in [0.29, 0.717) is 44.0 Å². The summed E-state index contributed by atoms with van der Waals surface area (Å²) in [4.78, 5) is 12.4. The Morgan fingerprint density at radius 3 is 2.26 bits per heavy atom. The van der Waals surface area contributed by atoms with E-state index in [1.807, 2.05) is 31.2 Å². The summed E-state index contributed by atoms with van der Waals surface area (Å²) in [5.41, 5.74) is 2.12. The largest absolute Gasteiger partial charge is 0.492 e. The lowest BCUT2D eigenvalue weighted by Gasteiger charge is -2.20. The van der Waals surface area contributed by atoms with E-state index in [1.54, 1.807) is 28.6 Å². The van der Waals surface area contributed by atoms with Crippen LogP contribution in [-0.4, -0.2) is 44.9 Å². The van der Waals surface area contributed by atoms with Crippen molar-refractivity contribution in [2.45, 2.75) is 50.3 Å². The number of carbonyl (C=O) groups is 1. The normalized spacial score (nSPS) is 15.3. The van der Waals surface area contributed by atoms with E-state index in [2.05, 4.69) is 5.32 Å². The van der Waals surface area contributed by atoms with Crippen LogP contribution in [0.3, 0.4) is 0 Å². The number of nitrogens with one attached hydrogen (secondary N) is 1. The molecule has 2 aromatic rings. The van der Waals surface area contributed by atoms with E-state index in [0.717, 1.165) is 37.0 Å². The Morgan fingerprint density at radius 2 is 1.61 bits per heavy atom. The van der Waals surface area contributed by atoms with Gasteiger partial charge in [-0.2, -0.15) is 4.31 Å². The lowest BCUT2D eigenvalue weighted by molar-refractivity contribution is -0.121. The Bertz CT molecular complexity index is 933. The Hall–Kier alpha value is -2.38. The minimum Gasteiger partial charge on any atom is -0.492 e. The molecule has 1 fully saturated rings. The third-order valence-electron chi connectivity index (χ3n) is 5.48. The Morgan fingerprint density at radius 1 is 0.968 bits per heavy atom. The maximum atomic E-state index is 12.8. The molecule has 0 aromatic heterocycles. The van der Waals surface area contributed by atoms with Crippen LogP contribution < -0.4 is 10.1 Å². The summed E-state index contributed by atoms with van der Waals surface area (Å²) in [5.74, 6) is 0.740. The van der Waals surface area contributed by atoms with Crippen LogP contribution in [0.25, 0.3) is 0 Å². The van der Waals surface area contributed by atoms with Crippen molar-refractivity contribution in [2.24, 2.45) is 0 Å². The zero-order chi connectivity index (χ0) is 22.1. The van der Waals surface area contributed by atoms with Crippen molar-refractivity contribution in [3.63, 3.8) is 0 Å². The average molecular weight is 445 g/mol. The van der Waals surface area contributed by atoms with E-state index in [-0.39, 0.29) is 5.91 Å². The van der Waals surface area contributed by atoms with Crippen LogP contribution in [0.5, 0.6) is 5.75 Å². The molecule has 0 saturated carbocycles. The number of hydrogen-bond acceptors (Lipinski definition) is 4. The number of aryl methyl sites for hydroxylation is 2. The lowest BCUT2D eigenvalue weighted by atomic mass is 10.1. The second-order valence-corrected chi connectivity index (χ2v) is 9.91. The number of ether oxygens (including phenoxy) is 1. The molecule has 6 nitrogen and oxygen atoms in total. The minimum atomic E-state index is -3.43. The molecule has 0 atom stereocenters. The molecule has 0 spiro atoms. The zero-order valence-electron chi connectivity index (χ0n) is 18.2. The fraction of sp³-hybridized carbons (Fsp3) is 0.458. The van der Waals surface area contributed by atoms with E-state index in [9.17, 15) is 13.2 Å². The van der Waals surface area contributed by atoms with Gasteiger partial charge in [0.05, 0.1) is 11.4 Å². The predicted molar refractivity (Wildman–Crippen MR) is 122 cm³/mol. The van der Waals surface area contributed by atoms with Gasteiger partial charge in [0.15, 0.2) is 0 Å². The molecule has 31 heavy (non-hydrogen) atoms.